The number of hydrogen-bond acceptors (Lipinski definition) is 4. The lowest BCUT2D eigenvalue weighted by molar-refractivity contribution is -0.136. The molecule has 0 heterocycles. The van der Waals surface area contributed by atoms with Crippen LogP contribution in [0.4, 0.5) is 0 Å². The zero-order valence-corrected chi connectivity index (χ0v) is 11.8. The Morgan fingerprint density at radius 1 is 0.955 bits per heavy atom. The molecule has 0 bridgehead atoms. The molecule has 0 spiro atoms. The van der Waals surface area contributed by atoms with Crippen LogP contribution in [0.1, 0.15) is 11.1 Å². The summed E-state index contributed by atoms with van der Waals surface area (Å²) in [4.78, 5) is 11.5. The van der Waals surface area contributed by atoms with E-state index in [0.29, 0.717) is 5.56 Å². The molecule has 0 aliphatic rings. The van der Waals surface area contributed by atoms with Gasteiger partial charge in [0.1, 0.15) is 6.61 Å². The minimum Gasteiger partial charge on any atom is -0.504 e. The fourth-order valence-corrected chi connectivity index (χ4v) is 1.74. The van der Waals surface area contributed by atoms with Crippen molar-refractivity contribution in [3.8, 4) is 11.5 Å². The van der Waals surface area contributed by atoms with Crippen LogP contribution in [0.2, 0.25) is 0 Å². The van der Waals surface area contributed by atoms with Crippen LogP contribution in [0, 0.1) is 0 Å². The van der Waals surface area contributed by atoms with Gasteiger partial charge in [0.25, 0.3) is 0 Å². The molecular formula is C18H16O4. The summed E-state index contributed by atoms with van der Waals surface area (Å²) in [5.74, 6) is -0.919. The lowest BCUT2D eigenvalue weighted by atomic mass is 10.2. The summed E-state index contributed by atoms with van der Waals surface area (Å²) in [6.07, 6.45) is 6.40. The van der Waals surface area contributed by atoms with Crippen molar-refractivity contribution in [1.29, 1.82) is 0 Å². The number of ether oxygens (including phenoxy) is 1. The number of carbonyl (C=O) groups is 1. The molecule has 0 radical (unpaired) electrons. The second kappa shape index (κ2) is 7.69. The second-order valence-electron chi connectivity index (χ2n) is 4.52. The summed E-state index contributed by atoms with van der Waals surface area (Å²) < 4.78 is 5.02. The topological polar surface area (TPSA) is 66.8 Å². The Bertz CT molecular complexity index is 687. The fourth-order valence-electron chi connectivity index (χ4n) is 1.74. The zero-order chi connectivity index (χ0) is 15.8. The van der Waals surface area contributed by atoms with E-state index >= 15 is 0 Å². The highest BCUT2D eigenvalue weighted by molar-refractivity contribution is 5.87. The average molecular weight is 296 g/mol. The highest BCUT2D eigenvalue weighted by atomic mass is 16.5. The number of carbonyl (C=O) groups excluding carboxylic acids is 1. The van der Waals surface area contributed by atoms with Gasteiger partial charge in [-0.05, 0) is 35.4 Å². The van der Waals surface area contributed by atoms with Gasteiger partial charge in [0.2, 0.25) is 0 Å². The van der Waals surface area contributed by atoms with Gasteiger partial charge < -0.3 is 14.9 Å². The molecule has 0 unspecified atom stereocenters. The third kappa shape index (κ3) is 4.83. The van der Waals surface area contributed by atoms with Gasteiger partial charge in [0.05, 0.1) is 0 Å². The predicted molar refractivity (Wildman–Crippen MR) is 85.2 cm³/mol. The Balaban J connectivity index is 1.81. The quantitative estimate of drug-likeness (QED) is 0.504. The molecule has 22 heavy (non-hydrogen) atoms. The Morgan fingerprint density at radius 3 is 2.45 bits per heavy atom. The third-order valence-corrected chi connectivity index (χ3v) is 2.84. The summed E-state index contributed by atoms with van der Waals surface area (Å²) in [5, 5.41) is 18.5. The van der Waals surface area contributed by atoms with Crippen LogP contribution in [0.25, 0.3) is 12.2 Å². The lowest BCUT2D eigenvalue weighted by Crippen LogP contribution is -1.99. The highest BCUT2D eigenvalue weighted by Gasteiger charge is 1.99. The summed E-state index contributed by atoms with van der Waals surface area (Å²) in [6, 6.07) is 14.0. The minimum absolute atomic E-state index is 0.179. The molecular weight excluding hydrogens is 280 g/mol. The Kier molecular flexibility index (Phi) is 5.37. The molecule has 0 aliphatic heterocycles. The first kappa shape index (κ1) is 15.4. The molecule has 4 heteroatoms. The van der Waals surface area contributed by atoms with E-state index in [1.54, 1.807) is 12.1 Å². The molecule has 2 rings (SSSR count). The van der Waals surface area contributed by atoms with Gasteiger partial charge in [-0.25, -0.2) is 4.79 Å². The van der Waals surface area contributed by atoms with E-state index in [1.165, 1.54) is 24.3 Å². The van der Waals surface area contributed by atoms with Gasteiger partial charge in [-0.2, -0.15) is 0 Å². The molecule has 2 aromatic carbocycles. The molecule has 4 nitrogen and oxygen atoms in total. The summed E-state index contributed by atoms with van der Waals surface area (Å²) in [7, 11) is 0. The Labute approximate surface area is 128 Å². The van der Waals surface area contributed by atoms with Crippen LogP contribution >= 0.6 is 0 Å². The zero-order valence-electron chi connectivity index (χ0n) is 11.8. The normalized spacial score (nSPS) is 11.1. The smallest absolute Gasteiger partial charge is 0.331 e. The number of rotatable bonds is 5. The van der Waals surface area contributed by atoms with E-state index in [4.69, 9.17) is 4.74 Å². The van der Waals surface area contributed by atoms with Crippen molar-refractivity contribution in [2.45, 2.75) is 0 Å². The van der Waals surface area contributed by atoms with Crippen LogP contribution in [0.3, 0.4) is 0 Å². The first-order chi connectivity index (χ1) is 10.6. The van der Waals surface area contributed by atoms with E-state index in [2.05, 4.69) is 0 Å². The largest absolute Gasteiger partial charge is 0.504 e. The minimum atomic E-state index is -0.481. The summed E-state index contributed by atoms with van der Waals surface area (Å²) in [5.41, 5.74) is 1.63. The standard InChI is InChI=1S/C18H16O4/c19-16-10-8-15(13-17(16)20)9-11-18(21)22-12-4-7-14-5-2-1-3-6-14/h1-11,13,19-20H,12H2/b7-4+,11-9+. The van der Waals surface area contributed by atoms with Crippen LogP contribution in [-0.2, 0) is 9.53 Å². The fraction of sp³-hybridized carbons (Fsp3) is 0.0556. The van der Waals surface area contributed by atoms with Gasteiger partial charge in [-0.1, -0.05) is 42.5 Å². The molecule has 2 aromatic rings. The summed E-state index contributed by atoms with van der Waals surface area (Å²) in [6.45, 7) is 0.179. The molecule has 0 fully saturated rings. The maximum Gasteiger partial charge on any atom is 0.331 e. The predicted octanol–water partition coefficient (Wildman–Crippen LogP) is 3.37. The van der Waals surface area contributed by atoms with Crippen LogP contribution in [0.5, 0.6) is 11.5 Å². The van der Waals surface area contributed by atoms with Gasteiger partial charge in [0.15, 0.2) is 11.5 Å². The van der Waals surface area contributed by atoms with E-state index in [1.807, 2.05) is 36.4 Å². The molecule has 0 aromatic heterocycles. The summed E-state index contributed by atoms with van der Waals surface area (Å²) >= 11 is 0. The van der Waals surface area contributed by atoms with Gasteiger partial charge in [-0.3, -0.25) is 0 Å². The van der Waals surface area contributed by atoms with Gasteiger partial charge >= 0.3 is 5.97 Å². The van der Waals surface area contributed by atoms with Crippen molar-refractivity contribution < 1.29 is 19.7 Å². The number of phenolic OH excluding ortho intramolecular Hbond substituents is 2. The first-order valence-corrected chi connectivity index (χ1v) is 6.73. The van der Waals surface area contributed by atoms with E-state index in [-0.39, 0.29) is 18.1 Å². The number of aromatic hydroxyl groups is 2. The number of esters is 1. The number of benzene rings is 2. The SMILES string of the molecule is O=C(/C=C/c1ccc(O)c(O)c1)OC/C=C/c1ccccc1. The monoisotopic (exact) mass is 296 g/mol. The van der Waals surface area contributed by atoms with Crippen molar-refractivity contribution in [3.05, 3.63) is 71.8 Å². The second-order valence-corrected chi connectivity index (χ2v) is 4.52. The highest BCUT2D eigenvalue weighted by Crippen LogP contribution is 2.25. The Morgan fingerprint density at radius 2 is 1.73 bits per heavy atom. The van der Waals surface area contributed by atoms with Gasteiger partial charge in [0, 0.05) is 6.08 Å². The maximum atomic E-state index is 11.5. The molecule has 0 aliphatic carbocycles. The van der Waals surface area contributed by atoms with E-state index in [9.17, 15) is 15.0 Å². The molecule has 0 saturated carbocycles. The van der Waals surface area contributed by atoms with Crippen LogP contribution < -0.4 is 0 Å². The van der Waals surface area contributed by atoms with Crippen molar-refractivity contribution in [3.63, 3.8) is 0 Å². The maximum absolute atomic E-state index is 11.5. The molecule has 0 saturated heterocycles. The van der Waals surface area contributed by atoms with Gasteiger partial charge in [-0.15, -0.1) is 0 Å². The van der Waals surface area contributed by atoms with Crippen molar-refractivity contribution in [2.24, 2.45) is 0 Å². The average Bonchev–Trinajstić information content (AvgIpc) is 2.54. The van der Waals surface area contributed by atoms with E-state index in [0.717, 1.165) is 5.56 Å². The molecule has 0 atom stereocenters. The van der Waals surface area contributed by atoms with Crippen molar-refractivity contribution >= 4 is 18.1 Å². The van der Waals surface area contributed by atoms with Crippen LogP contribution in [-0.4, -0.2) is 22.8 Å². The van der Waals surface area contributed by atoms with Crippen molar-refractivity contribution in [1.82, 2.24) is 0 Å². The third-order valence-electron chi connectivity index (χ3n) is 2.84. The molecule has 2 N–H and O–H groups in total. The first-order valence-electron chi connectivity index (χ1n) is 6.73. The lowest BCUT2D eigenvalue weighted by Gasteiger charge is -1.99. The molecule has 0 amide bonds. The van der Waals surface area contributed by atoms with Crippen molar-refractivity contribution in [2.75, 3.05) is 6.61 Å². The van der Waals surface area contributed by atoms with E-state index < -0.39 is 5.97 Å². The molecule has 112 valence electrons. The number of hydrogen-bond donors (Lipinski definition) is 2. The number of phenols is 2. The van der Waals surface area contributed by atoms with Crippen LogP contribution in [0.15, 0.2) is 60.7 Å². The Hall–Kier alpha value is -3.01.